The zero-order valence-corrected chi connectivity index (χ0v) is 29.2. The van der Waals surface area contributed by atoms with Crippen LogP contribution < -0.4 is 16.0 Å². The predicted molar refractivity (Wildman–Crippen MR) is 185 cm³/mol. The summed E-state index contributed by atoms with van der Waals surface area (Å²) in [5.74, 6) is -1.17. The van der Waals surface area contributed by atoms with E-state index in [1.807, 2.05) is 63.2 Å². The molecule has 0 saturated heterocycles. The first kappa shape index (κ1) is 36.8. The molecule has 3 N–H and O–H groups in total. The number of carbonyl (C=O) groups excluding carboxylic acids is 3. The van der Waals surface area contributed by atoms with Gasteiger partial charge in [0.15, 0.2) is 0 Å². The number of pyridine rings is 2. The van der Waals surface area contributed by atoms with Crippen molar-refractivity contribution in [2.45, 2.75) is 109 Å². The Balaban J connectivity index is 1.25. The van der Waals surface area contributed by atoms with Gasteiger partial charge in [-0.3, -0.25) is 19.6 Å². The average Bonchev–Trinajstić information content (AvgIpc) is 3.03. The topological polar surface area (TPSA) is 122 Å². The van der Waals surface area contributed by atoms with E-state index >= 15 is 0 Å². The monoisotopic (exact) mass is 693 g/mol. The standard InChI is InChI=1S/C38H46F3N5O4/c1-35(2,3)50-34(49)46-37(17-7-18-37)27-13-11-25(12-14-27)32-30(26-8-6-19-42-22-26)21-29(23-43-32)44-31(47)20-24-9-15-28(16-10-24)45-33(48)36(4,5)38(39,40)41/h6,8,11-14,19,21-24,28H,7,9-10,15-18,20H2,1-5H3,(H,44,47)(H,45,48)(H,46,49). The first-order valence-electron chi connectivity index (χ1n) is 17.2. The maximum Gasteiger partial charge on any atom is 0.408 e. The molecule has 2 aliphatic carbocycles. The number of anilines is 1. The number of hydrogen-bond acceptors (Lipinski definition) is 6. The van der Waals surface area contributed by atoms with Gasteiger partial charge < -0.3 is 20.7 Å². The number of aromatic nitrogens is 2. The molecule has 2 fully saturated rings. The Bertz CT molecular complexity index is 1680. The molecule has 1 aromatic carbocycles. The van der Waals surface area contributed by atoms with Crippen molar-refractivity contribution in [2.75, 3.05) is 5.32 Å². The quantitative estimate of drug-likeness (QED) is 0.207. The number of nitrogens with one attached hydrogen (secondary N) is 3. The summed E-state index contributed by atoms with van der Waals surface area (Å²) in [4.78, 5) is 47.1. The van der Waals surface area contributed by atoms with Gasteiger partial charge >= 0.3 is 12.3 Å². The van der Waals surface area contributed by atoms with Crippen molar-refractivity contribution in [3.63, 3.8) is 0 Å². The van der Waals surface area contributed by atoms with Crippen LogP contribution in [0.4, 0.5) is 23.7 Å². The summed E-state index contributed by atoms with van der Waals surface area (Å²) in [6.07, 6.45) is 5.10. The number of hydrogen-bond donors (Lipinski definition) is 3. The number of rotatable bonds is 9. The molecule has 0 aliphatic heterocycles. The Hall–Kier alpha value is -4.48. The minimum atomic E-state index is -4.64. The lowest BCUT2D eigenvalue weighted by Crippen LogP contribution is -2.52. The van der Waals surface area contributed by atoms with Crippen molar-refractivity contribution < 1.29 is 32.3 Å². The van der Waals surface area contributed by atoms with E-state index in [9.17, 15) is 27.6 Å². The number of alkyl halides is 3. The highest BCUT2D eigenvalue weighted by Gasteiger charge is 2.53. The van der Waals surface area contributed by atoms with Crippen LogP contribution >= 0.6 is 0 Å². The minimum Gasteiger partial charge on any atom is -0.444 e. The van der Waals surface area contributed by atoms with Crippen molar-refractivity contribution in [2.24, 2.45) is 11.3 Å². The normalized spacial score (nSPS) is 19.1. The van der Waals surface area contributed by atoms with Crippen molar-refractivity contribution in [3.05, 3.63) is 66.6 Å². The summed E-state index contributed by atoms with van der Waals surface area (Å²) in [5.41, 5.74) is 1.15. The van der Waals surface area contributed by atoms with Crippen molar-refractivity contribution in [1.29, 1.82) is 0 Å². The molecule has 0 unspecified atom stereocenters. The van der Waals surface area contributed by atoms with Crippen LogP contribution in [0.25, 0.3) is 22.4 Å². The van der Waals surface area contributed by atoms with Crippen LogP contribution in [0.2, 0.25) is 0 Å². The van der Waals surface area contributed by atoms with E-state index in [0.29, 0.717) is 37.1 Å². The fraction of sp³-hybridized carbons (Fsp3) is 0.500. The number of nitrogens with zero attached hydrogens (tertiary/aromatic N) is 2. The van der Waals surface area contributed by atoms with E-state index in [1.165, 1.54) is 0 Å². The number of halogens is 3. The summed E-state index contributed by atoms with van der Waals surface area (Å²) in [6, 6.07) is 13.3. The van der Waals surface area contributed by atoms with E-state index in [1.54, 1.807) is 18.6 Å². The zero-order valence-electron chi connectivity index (χ0n) is 29.2. The Kier molecular flexibility index (Phi) is 10.6. The molecular formula is C38H46F3N5O4. The molecule has 2 saturated carbocycles. The molecular weight excluding hydrogens is 647 g/mol. The number of amides is 3. The number of benzene rings is 1. The number of ether oxygens (including phenoxy) is 1. The van der Waals surface area contributed by atoms with Crippen molar-refractivity contribution in [1.82, 2.24) is 20.6 Å². The van der Waals surface area contributed by atoms with Gasteiger partial charge in [-0.05, 0) is 103 Å². The molecule has 2 aromatic heterocycles. The first-order valence-corrected chi connectivity index (χ1v) is 17.2. The third-order valence-corrected chi connectivity index (χ3v) is 9.73. The molecule has 12 heteroatoms. The van der Waals surface area contributed by atoms with E-state index in [0.717, 1.165) is 55.4 Å². The van der Waals surface area contributed by atoms with Gasteiger partial charge in [-0.25, -0.2) is 4.79 Å². The second kappa shape index (κ2) is 14.4. The maximum absolute atomic E-state index is 13.3. The van der Waals surface area contributed by atoms with Gasteiger partial charge in [0.1, 0.15) is 11.0 Å². The second-order valence-electron chi connectivity index (χ2n) is 15.1. The fourth-order valence-electron chi connectivity index (χ4n) is 6.45. The molecule has 50 heavy (non-hydrogen) atoms. The average molecular weight is 694 g/mol. The Morgan fingerprint density at radius 1 is 0.920 bits per heavy atom. The predicted octanol–water partition coefficient (Wildman–Crippen LogP) is 8.31. The summed E-state index contributed by atoms with van der Waals surface area (Å²) in [5, 5.41) is 8.62. The lowest BCUT2D eigenvalue weighted by Gasteiger charge is -2.43. The molecule has 2 aliphatic rings. The van der Waals surface area contributed by atoms with Crippen LogP contribution in [0.3, 0.4) is 0 Å². The molecule has 0 bridgehead atoms. The summed E-state index contributed by atoms with van der Waals surface area (Å²) < 4.78 is 45.3. The largest absolute Gasteiger partial charge is 0.444 e. The van der Waals surface area contributed by atoms with Crippen LogP contribution in [0.1, 0.15) is 91.5 Å². The van der Waals surface area contributed by atoms with E-state index in [4.69, 9.17) is 9.72 Å². The van der Waals surface area contributed by atoms with Gasteiger partial charge in [0.25, 0.3) is 0 Å². The Labute approximate surface area is 291 Å². The highest BCUT2D eigenvalue weighted by atomic mass is 19.4. The van der Waals surface area contributed by atoms with Crippen LogP contribution in [0.15, 0.2) is 61.1 Å². The highest BCUT2D eigenvalue weighted by molar-refractivity contribution is 5.93. The van der Waals surface area contributed by atoms with Gasteiger partial charge in [-0.1, -0.05) is 30.3 Å². The van der Waals surface area contributed by atoms with Gasteiger partial charge in [-0.15, -0.1) is 0 Å². The second-order valence-corrected chi connectivity index (χ2v) is 15.1. The molecule has 3 amide bonds. The Morgan fingerprint density at radius 3 is 2.16 bits per heavy atom. The fourth-order valence-corrected chi connectivity index (χ4v) is 6.45. The molecule has 9 nitrogen and oxygen atoms in total. The third-order valence-electron chi connectivity index (χ3n) is 9.73. The van der Waals surface area contributed by atoms with Gasteiger partial charge in [0.05, 0.1) is 23.1 Å². The summed E-state index contributed by atoms with van der Waals surface area (Å²) in [7, 11) is 0. The van der Waals surface area contributed by atoms with Gasteiger partial charge in [-0.2, -0.15) is 13.2 Å². The van der Waals surface area contributed by atoms with Gasteiger partial charge in [0.2, 0.25) is 11.8 Å². The van der Waals surface area contributed by atoms with Crippen molar-refractivity contribution >= 4 is 23.6 Å². The van der Waals surface area contributed by atoms with Crippen LogP contribution in [0.5, 0.6) is 0 Å². The zero-order chi connectivity index (χ0) is 36.3. The number of carbonyl (C=O) groups is 3. The molecule has 3 aromatic rings. The van der Waals surface area contributed by atoms with Gasteiger partial charge in [0, 0.05) is 41.5 Å². The van der Waals surface area contributed by atoms with E-state index < -0.39 is 34.7 Å². The lowest BCUT2D eigenvalue weighted by atomic mass is 9.71. The summed E-state index contributed by atoms with van der Waals surface area (Å²) in [6.45, 7) is 7.28. The van der Waals surface area contributed by atoms with Crippen molar-refractivity contribution in [3.8, 4) is 22.4 Å². The van der Waals surface area contributed by atoms with E-state index in [-0.39, 0.29) is 24.3 Å². The van der Waals surface area contributed by atoms with E-state index in [2.05, 4.69) is 20.9 Å². The molecule has 0 radical (unpaired) electrons. The highest BCUT2D eigenvalue weighted by Crippen LogP contribution is 2.43. The third kappa shape index (κ3) is 8.62. The van der Waals surface area contributed by atoms with Crippen LogP contribution in [-0.4, -0.2) is 45.7 Å². The number of alkyl carbamates (subject to hydrolysis) is 1. The molecule has 0 atom stereocenters. The Morgan fingerprint density at radius 2 is 1.60 bits per heavy atom. The first-order chi connectivity index (χ1) is 23.5. The molecule has 0 spiro atoms. The molecule has 268 valence electrons. The smallest absolute Gasteiger partial charge is 0.408 e. The van der Waals surface area contributed by atoms with Crippen LogP contribution in [-0.2, 0) is 19.9 Å². The SMILES string of the molecule is CC(C)(C)OC(=O)NC1(c2ccc(-c3ncc(NC(=O)CC4CCC(NC(=O)C(C)(C)C(F)(F)F)CC4)cc3-c3cccnc3)cc2)CCC1. The summed E-state index contributed by atoms with van der Waals surface area (Å²) >= 11 is 0. The minimum absolute atomic E-state index is 0.0473. The molecule has 2 heterocycles. The lowest BCUT2D eigenvalue weighted by molar-refractivity contribution is -0.211. The van der Waals surface area contributed by atoms with Crippen LogP contribution in [0, 0.1) is 11.3 Å². The molecule has 5 rings (SSSR count). The maximum atomic E-state index is 13.3.